The summed E-state index contributed by atoms with van der Waals surface area (Å²) in [4.78, 5) is 11.2. The van der Waals surface area contributed by atoms with Gasteiger partial charge in [0.25, 0.3) is 0 Å². The summed E-state index contributed by atoms with van der Waals surface area (Å²) in [6.07, 6.45) is 0. The molecule has 7 heteroatoms. The van der Waals surface area contributed by atoms with Crippen LogP contribution in [0.1, 0.15) is 6.92 Å². The van der Waals surface area contributed by atoms with Crippen LogP contribution in [-0.2, 0) is 9.53 Å². The van der Waals surface area contributed by atoms with Crippen molar-refractivity contribution in [3.63, 3.8) is 0 Å². The predicted molar refractivity (Wildman–Crippen MR) is 45.8 cm³/mol. The standard InChI is InChI=1S/C7H12BF3NO2/c1-2-14-7(13)5-3-12-4-6(5)8(9,10)11/h5-6,12H,2-4H2,1H3/q-1/t5-,6-/m1/s1. The summed E-state index contributed by atoms with van der Waals surface area (Å²) in [6, 6.07) is 0. The van der Waals surface area contributed by atoms with Crippen molar-refractivity contribution in [3.05, 3.63) is 0 Å². The molecule has 1 saturated heterocycles. The van der Waals surface area contributed by atoms with Gasteiger partial charge in [-0.3, -0.25) is 4.79 Å². The normalized spacial score (nSPS) is 27.7. The van der Waals surface area contributed by atoms with Crippen LogP contribution < -0.4 is 5.32 Å². The molecule has 1 heterocycles. The summed E-state index contributed by atoms with van der Waals surface area (Å²) < 4.78 is 41.9. The maximum atomic E-state index is 12.4. The van der Waals surface area contributed by atoms with Gasteiger partial charge < -0.3 is 23.0 Å². The van der Waals surface area contributed by atoms with E-state index in [1.54, 1.807) is 6.92 Å². The summed E-state index contributed by atoms with van der Waals surface area (Å²) >= 11 is 0. The average molecular weight is 210 g/mol. The smallest absolute Gasteiger partial charge is 0.466 e. The SMILES string of the molecule is CCOC(=O)[C@@H]1CNC[C@H]1[B-](F)(F)F. The molecule has 1 N–H and O–H groups in total. The number of carbonyl (C=O) groups is 1. The first-order chi connectivity index (χ1) is 6.46. The molecular formula is C7H12BF3NO2-. The summed E-state index contributed by atoms with van der Waals surface area (Å²) in [5, 5.41) is 2.56. The molecule has 0 bridgehead atoms. The number of hydrogen-bond acceptors (Lipinski definition) is 3. The van der Waals surface area contributed by atoms with Gasteiger partial charge in [-0.2, -0.15) is 0 Å². The summed E-state index contributed by atoms with van der Waals surface area (Å²) in [5.74, 6) is -3.36. The number of carbonyl (C=O) groups excluding carboxylic acids is 1. The Morgan fingerprint density at radius 3 is 2.64 bits per heavy atom. The molecule has 0 aromatic heterocycles. The summed E-state index contributed by atoms with van der Waals surface area (Å²) in [6.45, 7) is -3.38. The van der Waals surface area contributed by atoms with Gasteiger partial charge in [-0.05, 0) is 19.3 Å². The molecule has 0 radical (unpaired) electrons. The van der Waals surface area contributed by atoms with Crippen molar-refractivity contribution in [2.24, 2.45) is 5.92 Å². The monoisotopic (exact) mass is 210 g/mol. The fraction of sp³-hybridized carbons (Fsp3) is 0.857. The number of esters is 1. The molecule has 0 unspecified atom stereocenters. The first-order valence-electron chi connectivity index (χ1n) is 4.54. The summed E-state index contributed by atoms with van der Waals surface area (Å²) in [5.41, 5.74) is 0. The van der Waals surface area contributed by atoms with Gasteiger partial charge in [-0.1, -0.05) is 0 Å². The Kier molecular flexibility index (Phi) is 3.41. The van der Waals surface area contributed by atoms with Gasteiger partial charge >= 0.3 is 12.9 Å². The maximum absolute atomic E-state index is 12.4. The molecule has 0 amide bonds. The van der Waals surface area contributed by atoms with E-state index < -0.39 is 24.7 Å². The maximum Gasteiger partial charge on any atom is 0.483 e. The van der Waals surface area contributed by atoms with Crippen LogP contribution in [0.4, 0.5) is 12.9 Å². The van der Waals surface area contributed by atoms with Gasteiger partial charge in [-0.25, -0.2) is 0 Å². The van der Waals surface area contributed by atoms with Gasteiger partial charge in [0.05, 0.1) is 6.61 Å². The number of halogens is 3. The molecule has 0 aliphatic carbocycles. The fourth-order valence-electron chi connectivity index (χ4n) is 1.60. The highest BCUT2D eigenvalue weighted by atomic mass is 19.4. The Morgan fingerprint density at radius 1 is 1.50 bits per heavy atom. The minimum Gasteiger partial charge on any atom is -0.466 e. The molecule has 1 rings (SSSR count). The zero-order valence-electron chi connectivity index (χ0n) is 7.80. The molecule has 0 aromatic carbocycles. The van der Waals surface area contributed by atoms with E-state index in [0.717, 1.165) is 0 Å². The molecule has 0 spiro atoms. The van der Waals surface area contributed by atoms with Crippen LogP contribution in [0.3, 0.4) is 0 Å². The molecule has 14 heavy (non-hydrogen) atoms. The third-order valence-electron chi connectivity index (χ3n) is 2.34. The molecule has 0 saturated carbocycles. The van der Waals surface area contributed by atoms with Crippen molar-refractivity contribution >= 4 is 12.9 Å². The molecule has 0 aromatic rings. The van der Waals surface area contributed by atoms with Crippen LogP contribution in [0.5, 0.6) is 0 Å². The number of hydrogen-bond donors (Lipinski definition) is 1. The van der Waals surface area contributed by atoms with Crippen molar-refractivity contribution in [3.8, 4) is 0 Å². The van der Waals surface area contributed by atoms with Crippen LogP contribution in [0.15, 0.2) is 0 Å². The highest BCUT2D eigenvalue weighted by molar-refractivity contribution is 6.60. The van der Waals surface area contributed by atoms with Crippen LogP contribution in [-0.4, -0.2) is 32.6 Å². The Bertz CT molecular complexity index is 221. The van der Waals surface area contributed by atoms with Crippen molar-refractivity contribution in [1.29, 1.82) is 0 Å². The zero-order chi connectivity index (χ0) is 10.8. The van der Waals surface area contributed by atoms with Crippen molar-refractivity contribution in [2.45, 2.75) is 12.7 Å². The summed E-state index contributed by atoms with van der Waals surface area (Å²) in [7, 11) is 0. The van der Waals surface area contributed by atoms with Gasteiger partial charge in [0.2, 0.25) is 0 Å². The molecular weight excluding hydrogens is 198 g/mol. The third kappa shape index (κ3) is 2.40. The highest BCUT2D eigenvalue weighted by Gasteiger charge is 2.46. The van der Waals surface area contributed by atoms with Gasteiger partial charge in [0, 0.05) is 12.5 Å². The lowest BCUT2D eigenvalue weighted by Crippen LogP contribution is -2.34. The quantitative estimate of drug-likeness (QED) is 0.557. The number of ether oxygens (including phenoxy) is 1. The first-order valence-corrected chi connectivity index (χ1v) is 4.54. The predicted octanol–water partition coefficient (Wildman–Crippen LogP) is 0.986. The average Bonchev–Trinajstić information content (AvgIpc) is 2.50. The van der Waals surface area contributed by atoms with E-state index in [4.69, 9.17) is 0 Å². The van der Waals surface area contributed by atoms with E-state index in [1.807, 2.05) is 0 Å². The van der Waals surface area contributed by atoms with Crippen molar-refractivity contribution < 1.29 is 22.5 Å². The Balaban J connectivity index is 2.64. The van der Waals surface area contributed by atoms with Crippen molar-refractivity contribution in [2.75, 3.05) is 19.7 Å². The van der Waals surface area contributed by atoms with E-state index in [9.17, 15) is 17.7 Å². The van der Waals surface area contributed by atoms with Gasteiger partial charge in [0.1, 0.15) is 0 Å². The third-order valence-corrected chi connectivity index (χ3v) is 2.34. The van der Waals surface area contributed by atoms with Crippen LogP contribution in [0.2, 0.25) is 5.82 Å². The van der Waals surface area contributed by atoms with Crippen LogP contribution >= 0.6 is 0 Å². The van der Waals surface area contributed by atoms with Gasteiger partial charge in [-0.15, -0.1) is 0 Å². The second-order valence-corrected chi connectivity index (χ2v) is 3.31. The molecule has 2 atom stereocenters. The topological polar surface area (TPSA) is 38.3 Å². The highest BCUT2D eigenvalue weighted by Crippen LogP contribution is 2.36. The lowest BCUT2D eigenvalue weighted by molar-refractivity contribution is -0.147. The van der Waals surface area contributed by atoms with Crippen LogP contribution in [0, 0.1) is 5.92 Å². The Hall–Kier alpha value is -0.715. The second kappa shape index (κ2) is 4.21. The minimum atomic E-state index is -4.97. The van der Waals surface area contributed by atoms with Crippen LogP contribution in [0.25, 0.3) is 0 Å². The molecule has 82 valence electrons. The Labute approximate surface area is 80.1 Å². The number of rotatable bonds is 3. The van der Waals surface area contributed by atoms with E-state index in [-0.39, 0.29) is 19.7 Å². The van der Waals surface area contributed by atoms with E-state index >= 15 is 0 Å². The molecule has 1 aliphatic rings. The largest absolute Gasteiger partial charge is 0.483 e. The van der Waals surface area contributed by atoms with E-state index in [0.29, 0.717) is 0 Å². The van der Waals surface area contributed by atoms with E-state index in [2.05, 4.69) is 10.1 Å². The molecule has 1 aliphatic heterocycles. The molecule has 3 nitrogen and oxygen atoms in total. The van der Waals surface area contributed by atoms with Gasteiger partial charge in [0.15, 0.2) is 0 Å². The lowest BCUT2D eigenvalue weighted by atomic mass is 9.67. The Morgan fingerprint density at radius 2 is 2.14 bits per heavy atom. The van der Waals surface area contributed by atoms with E-state index in [1.165, 1.54) is 0 Å². The lowest BCUT2D eigenvalue weighted by Gasteiger charge is -2.25. The minimum absolute atomic E-state index is 0.0603. The fourth-order valence-corrected chi connectivity index (χ4v) is 1.60. The molecule has 1 fully saturated rings. The zero-order valence-corrected chi connectivity index (χ0v) is 7.80. The number of nitrogens with one attached hydrogen (secondary N) is 1. The second-order valence-electron chi connectivity index (χ2n) is 3.31. The first kappa shape index (κ1) is 11.4. The van der Waals surface area contributed by atoms with Crippen molar-refractivity contribution in [1.82, 2.24) is 5.32 Å².